The molecule has 0 spiro atoms. The van der Waals surface area contributed by atoms with Gasteiger partial charge < -0.3 is 4.90 Å². The Morgan fingerprint density at radius 1 is 1.38 bits per heavy atom. The molecule has 0 fully saturated rings. The van der Waals surface area contributed by atoms with Gasteiger partial charge in [0.25, 0.3) is 0 Å². The number of hydrogen-bond acceptors (Lipinski definition) is 1. The monoisotopic (exact) mass is 175 g/mol. The summed E-state index contributed by atoms with van der Waals surface area (Å²) in [5.74, 6) is 0. The number of nitrogens with zero attached hydrogens (tertiary/aromatic N) is 1. The molecular formula is C12H17N. The van der Waals surface area contributed by atoms with E-state index >= 15 is 0 Å². The lowest BCUT2D eigenvalue weighted by molar-refractivity contribution is 0.402. The third kappa shape index (κ3) is 3.03. The molecular weight excluding hydrogens is 158 g/mol. The molecule has 0 saturated carbocycles. The van der Waals surface area contributed by atoms with Crippen LogP contribution in [0.4, 0.5) is 0 Å². The largest absolute Gasteiger partial charge is 0.305 e. The highest BCUT2D eigenvalue weighted by Gasteiger charge is 1.97. The molecule has 0 N–H and O–H groups in total. The minimum atomic E-state index is 0.987. The number of hydrogen-bond donors (Lipinski definition) is 0. The molecule has 0 saturated heterocycles. The van der Waals surface area contributed by atoms with E-state index in [0.717, 1.165) is 12.1 Å². The SMILES string of the molecule is C=C(C)c1cccc(CN(C)C)c1. The molecule has 0 amide bonds. The lowest BCUT2D eigenvalue weighted by Gasteiger charge is -2.10. The summed E-state index contributed by atoms with van der Waals surface area (Å²) in [5, 5.41) is 0. The van der Waals surface area contributed by atoms with E-state index in [-0.39, 0.29) is 0 Å². The molecule has 13 heavy (non-hydrogen) atoms. The Bertz CT molecular complexity index is 300. The Morgan fingerprint density at radius 2 is 2.08 bits per heavy atom. The third-order valence-corrected chi connectivity index (χ3v) is 1.92. The summed E-state index contributed by atoms with van der Waals surface area (Å²) in [6.45, 7) is 6.96. The molecule has 1 rings (SSSR count). The predicted octanol–water partition coefficient (Wildman–Crippen LogP) is 2.78. The van der Waals surface area contributed by atoms with Gasteiger partial charge in [-0.25, -0.2) is 0 Å². The van der Waals surface area contributed by atoms with E-state index in [4.69, 9.17) is 0 Å². The summed E-state index contributed by atoms with van der Waals surface area (Å²) in [6, 6.07) is 8.53. The van der Waals surface area contributed by atoms with Gasteiger partial charge in [-0.05, 0) is 32.1 Å². The fourth-order valence-electron chi connectivity index (χ4n) is 1.30. The number of benzene rings is 1. The summed E-state index contributed by atoms with van der Waals surface area (Å²) in [5.41, 5.74) is 3.70. The summed E-state index contributed by atoms with van der Waals surface area (Å²) in [6.07, 6.45) is 0. The fourth-order valence-corrected chi connectivity index (χ4v) is 1.30. The number of allylic oxidation sites excluding steroid dienone is 1. The minimum absolute atomic E-state index is 0.987. The Kier molecular flexibility index (Phi) is 3.26. The van der Waals surface area contributed by atoms with Gasteiger partial charge in [0, 0.05) is 6.54 Å². The van der Waals surface area contributed by atoms with E-state index < -0.39 is 0 Å². The van der Waals surface area contributed by atoms with Gasteiger partial charge in [0.15, 0.2) is 0 Å². The van der Waals surface area contributed by atoms with Crippen LogP contribution in [0.25, 0.3) is 5.57 Å². The second-order valence-corrected chi connectivity index (χ2v) is 3.72. The van der Waals surface area contributed by atoms with Crippen molar-refractivity contribution >= 4 is 5.57 Å². The zero-order chi connectivity index (χ0) is 9.84. The second kappa shape index (κ2) is 4.24. The maximum absolute atomic E-state index is 3.93. The number of rotatable bonds is 3. The van der Waals surface area contributed by atoms with Gasteiger partial charge in [0.2, 0.25) is 0 Å². The molecule has 0 aliphatic heterocycles. The quantitative estimate of drug-likeness (QED) is 0.682. The molecule has 1 aromatic rings. The van der Waals surface area contributed by atoms with Crippen LogP contribution in [-0.4, -0.2) is 19.0 Å². The molecule has 1 heteroatoms. The molecule has 0 heterocycles. The summed E-state index contributed by atoms with van der Waals surface area (Å²) in [7, 11) is 4.15. The van der Waals surface area contributed by atoms with Crippen LogP contribution in [0.2, 0.25) is 0 Å². The highest BCUT2D eigenvalue weighted by Crippen LogP contribution is 2.13. The first-order valence-corrected chi connectivity index (χ1v) is 4.49. The normalized spacial score (nSPS) is 10.5. The average molecular weight is 175 g/mol. The first-order chi connectivity index (χ1) is 6.09. The Labute approximate surface area is 80.7 Å². The summed E-state index contributed by atoms with van der Waals surface area (Å²) in [4.78, 5) is 2.16. The van der Waals surface area contributed by atoms with E-state index in [1.807, 2.05) is 6.92 Å². The molecule has 0 radical (unpaired) electrons. The van der Waals surface area contributed by atoms with Crippen molar-refractivity contribution in [3.8, 4) is 0 Å². The standard InChI is InChI=1S/C12H17N/c1-10(2)12-7-5-6-11(8-12)9-13(3)4/h5-8H,1,9H2,2-4H3. The van der Waals surface area contributed by atoms with Crippen LogP contribution in [0.1, 0.15) is 18.1 Å². The first kappa shape index (κ1) is 10.0. The van der Waals surface area contributed by atoms with Crippen LogP contribution >= 0.6 is 0 Å². The van der Waals surface area contributed by atoms with Gasteiger partial charge in [0.1, 0.15) is 0 Å². The Balaban J connectivity index is 2.85. The average Bonchev–Trinajstić information content (AvgIpc) is 2.03. The van der Waals surface area contributed by atoms with E-state index in [1.54, 1.807) is 0 Å². The van der Waals surface area contributed by atoms with Gasteiger partial charge in [-0.2, -0.15) is 0 Å². The van der Waals surface area contributed by atoms with E-state index in [1.165, 1.54) is 11.1 Å². The van der Waals surface area contributed by atoms with Gasteiger partial charge in [-0.15, -0.1) is 0 Å². The lowest BCUT2D eigenvalue weighted by atomic mass is 10.1. The van der Waals surface area contributed by atoms with Crippen LogP contribution in [0, 0.1) is 0 Å². The first-order valence-electron chi connectivity index (χ1n) is 4.49. The summed E-state index contributed by atoms with van der Waals surface area (Å²) >= 11 is 0. The van der Waals surface area contributed by atoms with Crippen molar-refractivity contribution in [2.45, 2.75) is 13.5 Å². The van der Waals surface area contributed by atoms with Crippen LogP contribution in [-0.2, 0) is 6.54 Å². The van der Waals surface area contributed by atoms with Crippen molar-refractivity contribution in [3.05, 3.63) is 42.0 Å². The molecule has 0 atom stereocenters. The van der Waals surface area contributed by atoms with Gasteiger partial charge in [-0.3, -0.25) is 0 Å². The highest BCUT2D eigenvalue weighted by atomic mass is 15.0. The third-order valence-electron chi connectivity index (χ3n) is 1.92. The zero-order valence-corrected chi connectivity index (χ0v) is 8.67. The highest BCUT2D eigenvalue weighted by molar-refractivity contribution is 5.61. The smallest absolute Gasteiger partial charge is 0.0227 e. The summed E-state index contributed by atoms with van der Waals surface area (Å²) < 4.78 is 0. The molecule has 0 unspecified atom stereocenters. The maximum Gasteiger partial charge on any atom is 0.0227 e. The zero-order valence-electron chi connectivity index (χ0n) is 8.67. The Hall–Kier alpha value is -1.08. The van der Waals surface area contributed by atoms with Crippen molar-refractivity contribution < 1.29 is 0 Å². The molecule has 0 bridgehead atoms. The Morgan fingerprint density at radius 3 is 2.62 bits per heavy atom. The van der Waals surface area contributed by atoms with E-state index in [0.29, 0.717) is 0 Å². The van der Waals surface area contributed by atoms with E-state index in [9.17, 15) is 0 Å². The van der Waals surface area contributed by atoms with Crippen LogP contribution < -0.4 is 0 Å². The lowest BCUT2D eigenvalue weighted by Crippen LogP contribution is -2.10. The van der Waals surface area contributed by atoms with Crippen molar-refractivity contribution in [1.29, 1.82) is 0 Å². The minimum Gasteiger partial charge on any atom is -0.305 e. The maximum atomic E-state index is 3.93. The predicted molar refractivity (Wildman–Crippen MR) is 58.5 cm³/mol. The van der Waals surface area contributed by atoms with Crippen LogP contribution in [0.15, 0.2) is 30.8 Å². The topological polar surface area (TPSA) is 3.24 Å². The van der Waals surface area contributed by atoms with Crippen molar-refractivity contribution in [1.82, 2.24) is 4.90 Å². The molecule has 1 aromatic carbocycles. The molecule has 1 nitrogen and oxygen atoms in total. The fraction of sp³-hybridized carbons (Fsp3) is 0.333. The molecule has 0 aliphatic carbocycles. The van der Waals surface area contributed by atoms with Crippen molar-refractivity contribution in [2.75, 3.05) is 14.1 Å². The van der Waals surface area contributed by atoms with E-state index in [2.05, 4.69) is 49.8 Å². The molecule has 0 aliphatic rings. The van der Waals surface area contributed by atoms with Gasteiger partial charge in [-0.1, -0.05) is 36.4 Å². The second-order valence-electron chi connectivity index (χ2n) is 3.72. The van der Waals surface area contributed by atoms with Gasteiger partial charge >= 0.3 is 0 Å². The molecule has 70 valence electrons. The van der Waals surface area contributed by atoms with Crippen LogP contribution in [0.3, 0.4) is 0 Å². The van der Waals surface area contributed by atoms with Crippen molar-refractivity contribution in [3.63, 3.8) is 0 Å². The van der Waals surface area contributed by atoms with Gasteiger partial charge in [0.05, 0.1) is 0 Å². The molecule has 0 aromatic heterocycles. The van der Waals surface area contributed by atoms with Crippen molar-refractivity contribution in [2.24, 2.45) is 0 Å². The van der Waals surface area contributed by atoms with Crippen LogP contribution in [0.5, 0.6) is 0 Å².